The molecule has 3 nitrogen and oxygen atoms in total. The van der Waals surface area contributed by atoms with E-state index >= 15 is 0 Å². The molecule has 1 unspecified atom stereocenters. The van der Waals surface area contributed by atoms with Gasteiger partial charge in [-0.1, -0.05) is 12.2 Å². The Morgan fingerprint density at radius 1 is 1.32 bits per heavy atom. The van der Waals surface area contributed by atoms with Gasteiger partial charge in [-0.25, -0.2) is 8.78 Å². The molecule has 0 aromatic heterocycles. The van der Waals surface area contributed by atoms with Gasteiger partial charge in [0.15, 0.2) is 17.4 Å². The van der Waals surface area contributed by atoms with Gasteiger partial charge in [0, 0.05) is 24.2 Å². The third-order valence-corrected chi connectivity index (χ3v) is 3.60. The van der Waals surface area contributed by atoms with Crippen LogP contribution in [0.2, 0.25) is 0 Å². The Balaban J connectivity index is 2.28. The van der Waals surface area contributed by atoms with E-state index in [0.717, 1.165) is 6.07 Å². The van der Waals surface area contributed by atoms with E-state index in [4.69, 9.17) is 0 Å². The summed E-state index contributed by atoms with van der Waals surface area (Å²) in [5, 5.41) is 0. The number of halogens is 2. The van der Waals surface area contributed by atoms with Gasteiger partial charge in [0.05, 0.1) is 11.6 Å². The average molecular weight is 263 g/mol. The Morgan fingerprint density at radius 3 is 2.84 bits per heavy atom. The maximum atomic E-state index is 13.9. The topological polar surface area (TPSA) is 37.4 Å². The number of nitrogens with zero attached hydrogens (tertiary/aromatic N) is 1. The van der Waals surface area contributed by atoms with Gasteiger partial charge in [0.2, 0.25) is 0 Å². The zero-order chi connectivity index (χ0) is 13.6. The van der Waals surface area contributed by atoms with Crippen molar-refractivity contribution in [2.24, 2.45) is 5.92 Å². The molecule has 0 bridgehead atoms. The van der Waals surface area contributed by atoms with Crippen molar-refractivity contribution in [1.29, 1.82) is 0 Å². The summed E-state index contributed by atoms with van der Waals surface area (Å²) in [6, 6.07) is 0.907. The van der Waals surface area contributed by atoms with Gasteiger partial charge in [0.25, 0.3) is 0 Å². The predicted molar refractivity (Wildman–Crippen MR) is 65.3 cm³/mol. The number of carbonyl (C=O) groups excluding carboxylic acids is 2. The van der Waals surface area contributed by atoms with Crippen LogP contribution in [-0.2, 0) is 11.2 Å². The molecule has 0 radical (unpaired) electrons. The fourth-order valence-corrected chi connectivity index (χ4v) is 2.69. The number of aldehydes is 1. The lowest BCUT2D eigenvalue weighted by molar-refractivity contribution is -0.109. The summed E-state index contributed by atoms with van der Waals surface area (Å²) in [7, 11) is 0. The molecule has 98 valence electrons. The van der Waals surface area contributed by atoms with Crippen molar-refractivity contribution < 1.29 is 18.4 Å². The molecular weight excluding hydrogens is 252 g/mol. The second-order valence-electron chi connectivity index (χ2n) is 4.73. The summed E-state index contributed by atoms with van der Waals surface area (Å²) in [4.78, 5) is 24.8. The van der Waals surface area contributed by atoms with E-state index in [-0.39, 0.29) is 24.1 Å². The van der Waals surface area contributed by atoms with Gasteiger partial charge >= 0.3 is 0 Å². The largest absolute Gasteiger partial charge is 0.366 e. The smallest absolute Gasteiger partial charge is 0.177 e. The molecule has 0 N–H and O–H groups in total. The number of anilines is 1. The van der Waals surface area contributed by atoms with Crippen LogP contribution in [0.4, 0.5) is 14.5 Å². The summed E-state index contributed by atoms with van der Waals surface area (Å²) in [5.74, 6) is -3.18. The van der Waals surface area contributed by atoms with Crippen molar-refractivity contribution in [3.63, 3.8) is 0 Å². The number of hydrogen-bond acceptors (Lipinski definition) is 3. The fraction of sp³-hybridized carbons (Fsp3) is 0.286. The van der Waals surface area contributed by atoms with Crippen molar-refractivity contribution in [2.45, 2.75) is 6.42 Å². The number of benzene rings is 1. The molecule has 2 aliphatic heterocycles. The molecule has 3 rings (SSSR count). The minimum atomic E-state index is -1.04. The first-order chi connectivity index (χ1) is 9.13. The van der Waals surface area contributed by atoms with Crippen LogP contribution in [0.3, 0.4) is 0 Å². The van der Waals surface area contributed by atoms with Crippen LogP contribution < -0.4 is 4.90 Å². The van der Waals surface area contributed by atoms with E-state index in [1.54, 1.807) is 11.0 Å². The van der Waals surface area contributed by atoms with E-state index < -0.39 is 23.3 Å². The van der Waals surface area contributed by atoms with Gasteiger partial charge in [-0.15, -0.1) is 0 Å². The SMILES string of the molecule is O=CC1CN2CC=CCc3c(F)c(F)cc(c32)C1=O. The van der Waals surface area contributed by atoms with Crippen molar-refractivity contribution >= 4 is 17.8 Å². The lowest BCUT2D eigenvalue weighted by Gasteiger charge is -2.33. The van der Waals surface area contributed by atoms with Gasteiger partial charge in [0.1, 0.15) is 6.29 Å². The maximum Gasteiger partial charge on any atom is 0.177 e. The number of carbonyl (C=O) groups is 2. The number of Topliss-reactive ketones (excluding diaryl/α,β-unsaturated/α-hetero) is 1. The molecule has 2 heterocycles. The average Bonchev–Trinajstić information content (AvgIpc) is 2.62. The van der Waals surface area contributed by atoms with Gasteiger partial charge in [-0.2, -0.15) is 0 Å². The van der Waals surface area contributed by atoms with E-state index in [1.165, 1.54) is 0 Å². The predicted octanol–water partition coefficient (Wildman–Crippen LogP) is 1.89. The van der Waals surface area contributed by atoms with Crippen molar-refractivity contribution in [1.82, 2.24) is 0 Å². The number of allylic oxidation sites excluding steroid dienone is 1. The molecule has 2 aliphatic rings. The third-order valence-electron chi connectivity index (χ3n) is 3.60. The van der Waals surface area contributed by atoms with Crippen LogP contribution in [0.1, 0.15) is 15.9 Å². The molecule has 5 heteroatoms. The Labute approximate surface area is 108 Å². The van der Waals surface area contributed by atoms with Crippen LogP contribution in [0, 0.1) is 17.6 Å². The van der Waals surface area contributed by atoms with Crippen LogP contribution in [-0.4, -0.2) is 25.2 Å². The highest BCUT2D eigenvalue weighted by atomic mass is 19.2. The first-order valence-corrected chi connectivity index (χ1v) is 6.03. The van der Waals surface area contributed by atoms with Crippen molar-refractivity contribution in [3.8, 4) is 0 Å². The summed E-state index contributed by atoms with van der Waals surface area (Å²) < 4.78 is 27.5. The number of rotatable bonds is 1. The van der Waals surface area contributed by atoms with Crippen LogP contribution in [0.25, 0.3) is 0 Å². The molecule has 0 spiro atoms. The lowest BCUT2D eigenvalue weighted by Crippen LogP contribution is -2.40. The summed E-state index contributed by atoms with van der Waals surface area (Å²) in [6.45, 7) is 0.709. The van der Waals surface area contributed by atoms with Crippen molar-refractivity contribution in [2.75, 3.05) is 18.0 Å². The first kappa shape index (κ1) is 12.0. The molecule has 0 amide bonds. The van der Waals surface area contributed by atoms with Crippen LogP contribution in [0.15, 0.2) is 18.2 Å². The molecule has 0 fully saturated rings. The highest BCUT2D eigenvalue weighted by Gasteiger charge is 2.35. The van der Waals surface area contributed by atoms with Gasteiger partial charge in [-0.05, 0) is 12.5 Å². The third kappa shape index (κ3) is 1.69. The van der Waals surface area contributed by atoms with Gasteiger partial charge in [-0.3, -0.25) is 4.79 Å². The molecule has 0 saturated heterocycles. The maximum absolute atomic E-state index is 13.9. The summed E-state index contributed by atoms with van der Waals surface area (Å²) in [6.07, 6.45) is 4.40. The molecular formula is C14H11F2NO2. The lowest BCUT2D eigenvalue weighted by atomic mass is 9.89. The zero-order valence-corrected chi connectivity index (χ0v) is 10.0. The standard InChI is InChI=1S/C14H11F2NO2/c15-11-5-10-13-9(12(11)16)3-1-2-4-17(13)6-8(7-18)14(10)19/h1-2,5,7-8H,3-4,6H2. The monoisotopic (exact) mass is 263 g/mol. The fourth-order valence-electron chi connectivity index (χ4n) is 2.69. The first-order valence-electron chi connectivity index (χ1n) is 6.03. The summed E-state index contributed by atoms with van der Waals surface area (Å²) in [5.41, 5.74) is 0.745. The zero-order valence-electron chi connectivity index (χ0n) is 10.0. The minimum Gasteiger partial charge on any atom is -0.366 e. The van der Waals surface area contributed by atoms with Crippen LogP contribution >= 0.6 is 0 Å². The Kier molecular flexibility index (Phi) is 2.69. The van der Waals surface area contributed by atoms with Gasteiger partial charge < -0.3 is 9.69 Å². The molecule has 1 atom stereocenters. The molecule has 0 aliphatic carbocycles. The molecule has 19 heavy (non-hydrogen) atoms. The Hall–Kier alpha value is -2.04. The Bertz CT molecular complexity index is 610. The molecule has 1 aromatic rings. The Morgan fingerprint density at radius 2 is 2.11 bits per heavy atom. The van der Waals surface area contributed by atoms with E-state index in [9.17, 15) is 18.4 Å². The second-order valence-corrected chi connectivity index (χ2v) is 4.73. The number of ketones is 1. The second kappa shape index (κ2) is 4.26. The molecule has 0 saturated carbocycles. The normalized spacial score (nSPS) is 21.1. The van der Waals surface area contributed by atoms with E-state index in [0.29, 0.717) is 18.5 Å². The van der Waals surface area contributed by atoms with Crippen molar-refractivity contribution in [3.05, 3.63) is 41.0 Å². The minimum absolute atomic E-state index is 0.112. The summed E-state index contributed by atoms with van der Waals surface area (Å²) >= 11 is 0. The van der Waals surface area contributed by atoms with Crippen LogP contribution in [0.5, 0.6) is 0 Å². The van der Waals surface area contributed by atoms with E-state index in [2.05, 4.69) is 0 Å². The van der Waals surface area contributed by atoms with E-state index in [1.807, 2.05) is 6.08 Å². The highest BCUT2D eigenvalue weighted by molar-refractivity contribution is 6.11. The number of hydrogen-bond donors (Lipinski definition) is 0. The quantitative estimate of drug-likeness (QED) is 0.441. The highest BCUT2D eigenvalue weighted by Crippen LogP contribution is 2.36. The molecule has 1 aromatic carbocycles.